The second kappa shape index (κ2) is 7.33. The van der Waals surface area contributed by atoms with Gasteiger partial charge in [-0.3, -0.25) is 0 Å². The first-order valence-corrected chi connectivity index (χ1v) is 6.99. The van der Waals surface area contributed by atoms with E-state index in [9.17, 15) is 4.79 Å². The van der Waals surface area contributed by atoms with Crippen LogP contribution in [0.4, 0.5) is 0 Å². The number of rotatable bonds is 8. The molecular weight excluding hydrogens is 236 g/mol. The van der Waals surface area contributed by atoms with E-state index >= 15 is 0 Å². The van der Waals surface area contributed by atoms with Gasteiger partial charge in [-0.25, -0.2) is 4.79 Å². The monoisotopic (exact) mass is 256 g/mol. The molecule has 0 saturated heterocycles. The summed E-state index contributed by atoms with van der Waals surface area (Å²) < 4.78 is 5.63. The number of carboxylic acid groups (broad SMARTS) is 1. The summed E-state index contributed by atoms with van der Waals surface area (Å²) in [6.45, 7) is 5.04. The van der Waals surface area contributed by atoms with Crippen molar-refractivity contribution in [2.75, 3.05) is 6.61 Å². The summed E-state index contributed by atoms with van der Waals surface area (Å²) in [5.41, 5.74) is 0. The Morgan fingerprint density at radius 2 is 2.29 bits per heavy atom. The summed E-state index contributed by atoms with van der Waals surface area (Å²) >= 11 is 1.21. The summed E-state index contributed by atoms with van der Waals surface area (Å²) in [5, 5.41) is 10.6. The molecule has 4 heteroatoms. The maximum Gasteiger partial charge on any atom is 0.346 e. The van der Waals surface area contributed by atoms with Crippen molar-refractivity contribution in [3.05, 3.63) is 16.3 Å². The number of thiophene rings is 1. The molecule has 1 aromatic heterocycles. The van der Waals surface area contributed by atoms with Gasteiger partial charge in [0.2, 0.25) is 0 Å². The van der Waals surface area contributed by atoms with Crippen molar-refractivity contribution in [2.45, 2.75) is 39.5 Å². The summed E-state index contributed by atoms with van der Waals surface area (Å²) in [6.07, 6.45) is 4.73. The SMILES string of the molecule is CCCCC(CC)COc1csc(C(=O)O)c1. The van der Waals surface area contributed by atoms with Gasteiger partial charge >= 0.3 is 5.97 Å². The smallest absolute Gasteiger partial charge is 0.346 e. The third-order valence-corrected chi connectivity index (χ3v) is 3.71. The topological polar surface area (TPSA) is 46.5 Å². The lowest BCUT2D eigenvalue weighted by Crippen LogP contribution is -2.10. The van der Waals surface area contributed by atoms with E-state index < -0.39 is 5.97 Å². The highest BCUT2D eigenvalue weighted by Crippen LogP contribution is 2.23. The average Bonchev–Trinajstić information content (AvgIpc) is 2.78. The largest absolute Gasteiger partial charge is 0.492 e. The highest BCUT2D eigenvalue weighted by Gasteiger charge is 2.10. The molecule has 0 aliphatic heterocycles. The molecule has 0 aliphatic rings. The summed E-state index contributed by atoms with van der Waals surface area (Å²) in [4.78, 5) is 11.0. The zero-order valence-electron chi connectivity index (χ0n) is 10.4. The van der Waals surface area contributed by atoms with Gasteiger partial charge < -0.3 is 9.84 Å². The zero-order chi connectivity index (χ0) is 12.7. The Kier molecular flexibility index (Phi) is 6.05. The molecule has 0 aromatic carbocycles. The Morgan fingerprint density at radius 1 is 1.53 bits per heavy atom. The highest BCUT2D eigenvalue weighted by atomic mass is 32.1. The van der Waals surface area contributed by atoms with E-state index in [0.717, 1.165) is 6.42 Å². The van der Waals surface area contributed by atoms with Gasteiger partial charge in [0.25, 0.3) is 0 Å². The van der Waals surface area contributed by atoms with E-state index in [1.807, 2.05) is 0 Å². The molecule has 1 rings (SSSR count). The van der Waals surface area contributed by atoms with Gasteiger partial charge in [-0.15, -0.1) is 11.3 Å². The Balaban J connectivity index is 2.39. The number of aromatic carboxylic acids is 1. The number of ether oxygens (including phenoxy) is 1. The molecule has 3 nitrogen and oxygen atoms in total. The maximum absolute atomic E-state index is 10.7. The van der Waals surface area contributed by atoms with E-state index in [-0.39, 0.29) is 0 Å². The van der Waals surface area contributed by atoms with Crippen LogP contribution in [-0.4, -0.2) is 17.7 Å². The number of unbranched alkanes of at least 4 members (excludes halogenated alkanes) is 1. The van der Waals surface area contributed by atoms with Gasteiger partial charge in [0.15, 0.2) is 0 Å². The van der Waals surface area contributed by atoms with Crippen molar-refractivity contribution in [2.24, 2.45) is 5.92 Å². The Hall–Kier alpha value is -1.03. The molecule has 96 valence electrons. The van der Waals surface area contributed by atoms with Crippen LogP contribution in [0, 0.1) is 5.92 Å². The second-order valence-corrected chi connectivity index (χ2v) is 5.09. The van der Waals surface area contributed by atoms with E-state index in [4.69, 9.17) is 9.84 Å². The van der Waals surface area contributed by atoms with Crippen molar-refractivity contribution in [1.29, 1.82) is 0 Å². The minimum Gasteiger partial charge on any atom is -0.492 e. The maximum atomic E-state index is 10.7. The predicted molar refractivity (Wildman–Crippen MR) is 70.1 cm³/mol. The van der Waals surface area contributed by atoms with Crippen LogP contribution in [0.15, 0.2) is 11.4 Å². The van der Waals surface area contributed by atoms with E-state index in [1.165, 1.54) is 30.6 Å². The van der Waals surface area contributed by atoms with Crippen LogP contribution in [0.2, 0.25) is 0 Å². The first-order chi connectivity index (χ1) is 8.17. The lowest BCUT2D eigenvalue weighted by atomic mass is 10.0. The molecular formula is C13H20O3S. The third-order valence-electron chi connectivity index (χ3n) is 2.82. The van der Waals surface area contributed by atoms with Gasteiger partial charge in [-0.1, -0.05) is 33.1 Å². The molecule has 1 N–H and O–H groups in total. The van der Waals surface area contributed by atoms with Gasteiger partial charge in [0, 0.05) is 11.4 Å². The highest BCUT2D eigenvalue weighted by molar-refractivity contribution is 7.12. The molecule has 1 atom stereocenters. The number of hydrogen-bond acceptors (Lipinski definition) is 3. The van der Waals surface area contributed by atoms with Crippen molar-refractivity contribution in [3.63, 3.8) is 0 Å². The molecule has 0 fully saturated rings. The molecule has 1 aromatic rings. The summed E-state index contributed by atoms with van der Waals surface area (Å²) in [5.74, 6) is 0.369. The van der Waals surface area contributed by atoms with Crippen LogP contribution in [0.3, 0.4) is 0 Å². The molecule has 0 saturated carbocycles. The number of carbonyl (C=O) groups is 1. The molecule has 1 heterocycles. The second-order valence-electron chi connectivity index (χ2n) is 4.18. The fourth-order valence-corrected chi connectivity index (χ4v) is 2.28. The first kappa shape index (κ1) is 14.0. The van der Waals surface area contributed by atoms with Crippen molar-refractivity contribution in [3.8, 4) is 5.75 Å². The van der Waals surface area contributed by atoms with Crippen LogP contribution in [-0.2, 0) is 0 Å². The summed E-state index contributed by atoms with van der Waals surface area (Å²) in [6, 6.07) is 1.60. The van der Waals surface area contributed by atoms with Crippen LogP contribution in [0.1, 0.15) is 49.2 Å². The molecule has 17 heavy (non-hydrogen) atoms. The van der Waals surface area contributed by atoms with Crippen molar-refractivity contribution >= 4 is 17.3 Å². The predicted octanol–water partition coefficient (Wildman–Crippen LogP) is 4.04. The molecule has 0 amide bonds. The van der Waals surface area contributed by atoms with E-state index in [2.05, 4.69) is 13.8 Å². The lowest BCUT2D eigenvalue weighted by Gasteiger charge is -2.14. The number of carboxylic acids is 1. The Bertz CT molecular complexity index is 346. The Labute approximate surface area is 106 Å². The van der Waals surface area contributed by atoms with Gasteiger partial charge in [-0.2, -0.15) is 0 Å². The molecule has 1 unspecified atom stereocenters. The van der Waals surface area contributed by atoms with Gasteiger partial charge in [0.05, 0.1) is 6.61 Å². The van der Waals surface area contributed by atoms with Gasteiger partial charge in [0.1, 0.15) is 10.6 Å². The van der Waals surface area contributed by atoms with Crippen LogP contribution < -0.4 is 4.74 Å². The number of hydrogen-bond donors (Lipinski definition) is 1. The first-order valence-electron chi connectivity index (χ1n) is 6.12. The Morgan fingerprint density at radius 3 is 2.82 bits per heavy atom. The minimum atomic E-state index is -0.886. The molecule has 0 aliphatic carbocycles. The molecule has 0 radical (unpaired) electrons. The molecule has 0 spiro atoms. The van der Waals surface area contributed by atoms with Crippen LogP contribution >= 0.6 is 11.3 Å². The van der Waals surface area contributed by atoms with Crippen LogP contribution in [0.5, 0.6) is 5.75 Å². The van der Waals surface area contributed by atoms with Gasteiger partial charge in [-0.05, 0) is 12.3 Å². The van der Waals surface area contributed by atoms with Crippen molar-refractivity contribution < 1.29 is 14.6 Å². The minimum absolute atomic E-state index is 0.335. The average molecular weight is 256 g/mol. The van der Waals surface area contributed by atoms with E-state index in [0.29, 0.717) is 23.2 Å². The zero-order valence-corrected chi connectivity index (χ0v) is 11.3. The lowest BCUT2D eigenvalue weighted by molar-refractivity contribution is 0.0701. The van der Waals surface area contributed by atoms with E-state index in [1.54, 1.807) is 11.4 Å². The fraction of sp³-hybridized carbons (Fsp3) is 0.615. The fourth-order valence-electron chi connectivity index (χ4n) is 1.62. The standard InChI is InChI=1S/C13H20O3S/c1-3-5-6-10(4-2)8-16-11-7-12(13(14)15)17-9-11/h7,9-10H,3-6,8H2,1-2H3,(H,14,15). The normalized spacial score (nSPS) is 12.4. The third kappa shape index (κ3) is 4.77. The summed E-state index contributed by atoms with van der Waals surface area (Å²) in [7, 11) is 0. The quantitative estimate of drug-likeness (QED) is 0.763. The molecule has 0 bridgehead atoms. The van der Waals surface area contributed by atoms with Crippen molar-refractivity contribution in [1.82, 2.24) is 0 Å². The van der Waals surface area contributed by atoms with Crippen LogP contribution in [0.25, 0.3) is 0 Å².